The number of aryl methyl sites for hydroxylation is 1. The normalized spacial score (nSPS) is 29.4. The summed E-state index contributed by atoms with van der Waals surface area (Å²) in [6.07, 6.45) is -8.42. The average molecular weight is 1320 g/mol. The summed E-state index contributed by atoms with van der Waals surface area (Å²) in [5.74, 6) is -0.480. The van der Waals surface area contributed by atoms with Crippen molar-refractivity contribution in [2.45, 2.75) is 147 Å². The van der Waals surface area contributed by atoms with Crippen molar-refractivity contribution in [3.8, 4) is 62.1 Å². The fourth-order valence-corrected chi connectivity index (χ4v) is 11.5. The molecule has 8 aromatic carbocycles. The molecule has 0 N–H and O–H groups in total. The van der Waals surface area contributed by atoms with E-state index < -0.39 is 261 Å². The summed E-state index contributed by atoms with van der Waals surface area (Å²) in [5.41, 5.74) is -36.0. The average Bonchev–Trinajstić information content (AvgIpc) is 0.865. The van der Waals surface area contributed by atoms with Crippen LogP contribution in [0.15, 0.2) is 164 Å². The van der Waals surface area contributed by atoms with Gasteiger partial charge in [0.2, 0.25) is 0 Å². The van der Waals surface area contributed by atoms with E-state index in [0.717, 1.165) is 41.1 Å². The Morgan fingerprint density at radius 2 is 1.16 bits per heavy atom. The summed E-state index contributed by atoms with van der Waals surface area (Å²) in [5, 5.41) is 0.903. The van der Waals surface area contributed by atoms with Crippen LogP contribution in [0.3, 0.4) is 0 Å². The van der Waals surface area contributed by atoms with Crippen LogP contribution >= 0.6 is 0 Å². The standard InChI is InChI=1S/C77H74N4O.Pt/c1-48-38-70(78-44-59(48)51-30-33-60-63(41-51)73(4,5)37-36-72(60,2)3)81-66-25-15-14-22-57(66)58-32-31-54(43-69(58)81)82-53-21-18-20-52(42-53)79-47-80(68-27-17-16-26-67(68)79)71-55(49-28-34-61-64(39-49)76(10,11)45-74(61,6)7)23-19-24-56(71)50-29-35-62-65(40-50)77(12,13)46-75(62,8)9;/h14-35,38-41,44H,36-37,45-46H2,1-13H3;/q-2;/i1D3,2D3,3D3,4D3,5D3,6D3,7D3,8D3,9D3,10D3,11D3,12D3,13D3,28D,29D,34D,35D,36D2,37D2,39D,40D;. The third kappa shape index (κ3) is 8.88. The Morgan fingerprint density at radius 1 is 0.542 bits per heavy atom. The zero-order valence-corrected chi connectivity index (χ0v) is 45.3. The van der Waals surface area contributed by atoms with Crippen molar-refractivity contribution in [3.63, 3.8) is 0 Å². The first-order valence-corrected chi connectivity index (χ1v) is 25.5. The minimum atomic E-state index is -4.43. The summed E-state index contributed by atoms with van der Waals surface area (Å²) >= 11 is 0. The maximum atomic E-state index is 10.3. The molecule has 0 fully saturated rings. The molecule has 3 aliphatic carbocycles. The van der Waals surface area contributed by atoms with E-state index in [-0.39, 0.29) is 60.6 Å². The molecular formula is C77H74N4OPt-2. The summed E-state index contributed by atoms with van der Waals surface area (Å²) in [7, 11) is 0. The molecule has 0 atom stereocenters. The molecule has 0 bridgehead atoms. The number of nitrogens with zero attached hydrogens (tertiary/aromatic N) is 4. The number of hydrogen-bond donors (Lipinski definition) is 0. The van der Waals surface area contributed by atoms with Crippen LogP contribution in [0, 0.1) is 25.3 Å². The second-order valence-electron chi connectivity index (χ2n) is 21.0. The van der Waals surface area contributed by atoms with Crippen LogP contribution in [0.25, 0.3) is 83.4 Å². The molecule has 83 heavy (non-hydrogen) atoms. The largest absolute Gasteiger partial charge is 0.510 e. The topological polar surface area (TPSA) is 35.9 Å². The molecule has 0 radical (unpaired) electrons. The monoisotopic (exact) mass is 1310 g/mol. The third-order valence-electron chi connectivity index (χ3n) is 15.2. The van der Waals surface area contributed by atoms with Crippen molar-refractivity contribution in [2.24, 2.45) is 0 Å². The van der Waals surface area contributed by atoms with Gasteiger partial charge in [-0.05, 0) is 155 Å². The van der Waals surface area contributed by atoms with Gasteiger partial charge in [0, 0.05) is 109 Å². The molecule has 3 aliphatic rings. The van der Waals surface area contributed by atoms with Gasteiger partial charge in [0.05, 0.1) is 24.9 Å². The summed E-state index contributed by atoms with van der Waals surface area (Å²) in [6.45, 7) is -51.8. The minimum absolute atomic E-state index is 0. The molecule has 0 amide bonds. The summed E-state index contributed by atoms with van der Waals surface area (Å²) in [6, 6.07) is 24.1. The first-order valence-electron chi connectivity index (χ1n) is 50.0. The zero-order chi connectivity index (χ0) is 98.4. The van der Waals surface area contributed by atoms with Crippen molar-refractivity contribution >= 4 is 32.8 Å². The quantitative estimate of drug-likeness (QED) is 0.112. The number of benzene rings is 8. The van der Waals surface area contributed by atoms with Gasteiger partial charge in [-0.15, -0.1) is 29.7 Å². The predicted octanol–water partition coefficient (Wildman–Crippen LogP) is 19.2. The summed E-state index contributed by atoms with van der Waals surface area (Å²) in [4.78, 5) is 4.66. The van der Waals surface area contributed by atoms with Crippen LogP contribution in [0.1, 0.15) is 214 Å². The van der Waals surface area contributed by atoms with Crippen LogP contribution in [0.5, 0.6) is 11.5 Å². The molecule has 11 aromatic rings. The van der Waals surface area contributed by atoms with Crippen LogP contribution in [-0.2, 0) is 53.6 Å². The molecule has 3 aromatic heterocycles. The molecule has 5 nitrogen and oxygen atoms in total. The van der Waals surface area contributed by atoms with E-state index in [1.54, 1.807) is 30.3 Å². The number of aromatic nitrogens is 4. The smallest absolute Gasteiger partial charge is 0.268 e. The predicted molar refractivity (Wildman–Crippen MR) is 338 cm³/mol. The van der Waals surface area contributed by atoms with Gasteiger partial charge in [0.25, 0.3) is 6.33 Å². The number of hydrogen-bond acceptors (Lipinski definition) is 2. The van der Waals surface area contributed by atoms with E-state index in [1.165, 1.54) is 57.7 Å². The fourth-order valence-electron chi connectivity index (χ4n) is 11.5. The Balaban J connectivity index is 0.0000148. The van der Waals surface area contributed by atoms with Crippen LogP contribution in [0.2, 0.25) is 0 Å². The fraction of sp³-hybridized carbons (Fsp3) is 0.299. The molecule has 6 heteroatoms. The number of pyridine rings is 1. The Kier molecular flexibility index (Phi) is 5.20. The molecular weight excluding hydrogens is 1190 g/mol. The van der Waals surface area contributed by atoms with E-state index in [9.17, 15) is 13.7 Å². The van der Waals surface area contributed by atoms with Crippen molar-refractivity contribution in [3.05, 3.63) is 221 Å². The summed E-state index contributed by atoms with van der Waals surface area (Å²) < 4.78 is 453. The molecule has 0 spiro atoms. The number of para-hydroxylation sites is 4. The molecule has 0 saturated heterocycles. The van der Waals surface area contributed by atoms with Crippen LogP contribution in [0.4, 0.5) is 0 Å². The maximum Gasteiger partial charge on any atom is 0.268 e. The van der Waals surface area contributed by atoms with Gasteiger partial charge < -0.3 is 13.9 Å². The number of imidazole rings is 1. The number of ether oxygens (including phenoxy) is 1. The van der Waals surface area contributed by atoms with E-state index in [2.05, 4.69) is 23.4 Å². The molecule has 0 saturated carbocycles. The van der Waals surface area contributed by atoms with Crippen molar-refractivity contribution < 1.29 is 97.5 Å². The Labute approximate surface area is 574 Å². The van der Waals surface area contributed by atoms with Crippen LogP contribution in [-0.4, -0.2) is 14.1 Å². The Hall–Kier alpha value is -7.33. The van der Waals surface area contributed by atoms with E-state index in [1.807, 2.05) is 0 Å². The van der Waals surface area contributed by atoms with Gasteiger partial charge in [-0.3, -0.25) is 4.57 Å². The van der Waals surface area contributed by atoms with Gasteiger partial charge in [-0.25, -0.2) is 4.98 Å². The number of rotatable bonds is 8. The second-order valence-corrected chi connectivity index (χ2v) is 21.0. The van der Waals surface area contributed by atoms with Crippen LogP contribution < -0.4 is 9.30 Å². The third-order valence-corrected chi connectivity index (χ3v) is 15.2. The Morgan fingerprint density at radius 3 is 1.83 bits per heavy atom. The van der Waals surface area contributed by atoms with Gasteiger partial charge in [-0.2, -0.15) is 18.2 Å². The SMILES string of the molecule is [2H]c1c([2H])c2c(c([2H])c1-c1cccc(-c3c([2H])c([2H])c4c(c3[2H])C(C([2H])([2H])[2H])(C([2H])([2H])[2H])CC4(C([2H])([2H])[2H])C([2H])([2H])[2H])c1-[n+]1[c-]n(-c3[c-]c(Oc4[c-]c5c(cc4)c4ccccc4n5-c4cc(C([2H])([2H])[2H])c(-c5ccc6c(c5)C(C([2H])([2H])[2H])(C([2H])([2H])[2H])C([2H])([2H])C([2H])([2H])C6(C([2H])([2H])[2H])C([2H])([2H])[2H])cn4)ccc3)c3ccccc31)C(C([2H])([2H])[2H])(C([2H])([2H])[2H])CC2(C([2H])([2H])[2H])C([2H])([2H])[2H].[Pt]. The maximum absolute atomic E-state index is 10.3. The zero-order valence-electron chi connectivity index (χ0n) is 92.1. The van der Waals surface area contributed by atoms with Crippen molar-refractivity contribution in [1.29, 1.82) is 0 Å². The van der Waals surface area contributed by atoms with Gasteiger partial charge in [0.15, 0.2) is 0 Å². The minimum Gasteiger partial charge on any atom is -0.510 e. The molecule has 0 aliphatic heterocycles. The van der Waals surface area contributed by atoms with Gasteiger partial charge in [-0.1, -0.05) is 203 Å². The van der Waals surface area contributed by atoms with Crippen molar-refractivity contribution in [1.82, 2.24) is 14.1 Å². The van der Waals surface area contributed by atoms with E-state index in [0.29, 0.717) is 28.4 Å². The molecule has 420 valence electrons. The second kappa shape index (κ2) is 19.1. The van der Waals surface area contributed by atoms with Crippen molar-refractivity contribution in [2.75, 3.05) is 0 Å². The van der Waals surface area contributed by atoms with Gasteiger partial charge in [0.1, 0.15) is 5.82 Å². The number of fused-ring (bicyclic) bond motifs is 7. The first kappa shape index (κ1) is 22.6. The Bertz CT molecular complexity index is 6300. The molecule has 3 heterocycles. The van der Waals surface area contributed by atoms with E-state index >= 15 is 0 Å². The first-order chi connectivity index (χ1) is 59.3. The van der Waals surface area contributed by atoms with E-state index in [4.69, 9.17) is 58.2 Å². The molecule has 0 unspecified atom stereocenters. The molecule has 14 rings (SSSR count). The van der Waals surface area contributed by atoms with Gasteiger partial charge >= 0.3 is 0 Å².